The zero-order valence-electron chi connectivity index (χ0n) is 7.69. The Morgan fingerprint density at radius 3 is 2.93 bits per heavy atom. The quantitative estimate of drug-likeness (QED) is 0.814. The molecule has 1 nitrogen and oxygen atoms in total. The molecular weight excluding hydrogens is 245 g/mol. The van der Waals surface area contributed by atoms with Gasteiger partial charge in [0, 0.05) is 12.1 Å². The highest BCUT2D eigenvalue weighted by atomic mass is 79.9. The lowest BCUT2D eigenvalue weighted by atomic mass is 10.00. The fourth-order valence-electron chi connectivity index (χ4n) is 1.62. The minimum absolute atomic E-state index is 0.152. The van der Waals surface area contributed by atoms with Crippen molar-refractivity contribution in [3.63, 3.8) is 0 Å². The van der Waals surface area contributed by atoms with Crippen molar-refractivity contribution < 1.29 is 4.39 Å². The molecule has 1 aliphatic rings. The second-order valence-electron chi connectivity index (χ2n) is 3.28. The summed E-state index contributed by atoms with van der Waals surface area (Å²) in [5.74, 6) is -0.152. The smallest absolute Gasteiger partial charge is 0.144 e. The molecule has 0 unspecified atom stereocenters. The summed E-state index contributed by atoms with van der Waals surface area (Å²) in [5, 5.41) is 3.21. The van der Waals surface area contributed by atoms with E-state index in [9.17, 15) is 4.39 Å². The predicted molar refractivity (Wildman–Crippen MR) is 59.6 cm³/mol. The van der Waals surface area contributed by atoms with E-state index in [1.54, 1.807) is 6.07 Å². The van der Waals surface area contributed by atoms with Crippen LogP contribution in [0.25, 0.3) is 5.57 Å². The molecule has 0 aromatic heterocycles. The molecule has 1 aromatic rings. The van der Waals surface area contributed by atoms with E-state index >= 15 is 0 Å². The van der Waals surface area contributed by atoms with Crippen molar-refractivity contribution in [3.8, 4) is 0 Å². The van der Waals surface area contributed by atoms with Crippen LogP contribution in [0, 0.1) is 5.82 Å². The van der Waals surface area contributed by atoms with E-state index < -0.39 is 0 Å². The second kappa shape index (κ2) is 4.24. The molecule has 0 saturated heterocycles. The van der Waals surface area contributed by atoms with Crippen LogP contribution in [0.15, 0.2) is 28.7 Å². The summed E-state index contributed by atoms with van der Waals surface area (Å²) in [4.78, 5) is 0. The SMILES string of the molecule is Fc1c(Br)cccc1C1=CCNCC1. The van der Waals surface area contributed by atoms with Crippen LogP contribution in [0.1, 0.15) is 12.0 Å². The number of hydrogen-bond acceptors (Lipinski definition) is 1. The molecule has 0 spiro atoms. The maximum absolute atomic E-state index is 13.7. The number of rotatable bonds is 1. The number of halogens is 2. The van der Waals surface area contributed by atoms with Gasteiger partial charge < -0.3 is 5.32 Å². The van der Waals surface area contributed by atoms with Crippen LogP contribution in [0.4, 0.5) is 4.39 Å². The minimum Gasteiger partial charge on any atom is -0.313 e. The topological polar surface area (TPSA) is 12.0 Å². The molecule has 1 N–H and O–H groups in total. The first kappa shape index (κ1) is 9.87. The minimum atomic E-state index is -0.152. The molecule has 1 aromatic carbocycles. The Morgan fingerprint density at radius 2 is 2.21 bits per heavy atom. The molecule has 1 aliphatic heterocycles. The molecule has 74 valence electrons. The van der Waals surface area contributed by atoms with Gasteiger partial charge in [0.15, 0.2) is 0 Å². The average molecular weight is 256 g/mol. The first-order chi connectivity index (χ1) is 6.79. The Hall–Kier alpha value is -0.670. The van der Waals surface area contributed by atoms with Crippen molar-refractivity contribution in [1.29, 1.82) is 0 Å². The van der Waals surface area contributed by atoms with Crippen molar-refractivity contribution in [2.45, 2.75) is 6.42 Å². The van der Waals surface area contributed by atoms with Gasteiger partial charge >= 0.3 is 0 Å². The van der Waals surface area contributed by atoms with E-state index in [4.69, 9.17) is 0 Å². The van der Waals surface area contributed by atoms with Gasteiger partial charge in [-0.2, -0.15) is 0 Å². The van der Waals surface area contributed by atoms with E-state index in [-0.39, 0.29) is 5.82 Å². The fourth-order valence-corrected chi connectivity index (χ4v) is 1.99. The standard InChI is InChI=1S/C11H11BrFN/c12-10-3-1-2-9(11(10)13)8-4-6-14-7-5-8/h1-4,14H,5-7H2. The zero-order valence-corrected chi connectivity index (χ0v) is 9.27. The number of hydrogen-bond donors (Lipinski definition) is 1. The van der Waals surface area contributed by atoms with Crippen molar-refractivity contribution in [3.05, 3.63) is 40.1 Å². The largest absolute Gasteiger partial charge is 0.313 e. The first-order valence-electron chi connectivity index (χ1n) is 4.63. The van der Waals surface area contributed by atoms with Gasteiger partial charge in [0.2, 0.25) is 0 Å². The van der Waals surface area contributed by atoms with E-state index in [1.807, 2.05) is 18.2 Å². The molecule has 3 heteroatoms. The van der Waals surface area contributed by atoms with Gasteiger partial charge in [-0.25, -0.2) is 4.39 Å². The highest BCUT2D eigenvalue weighted by molar-refractivity contribution is 9.10. The van der Waals surface area contributed by atoms with E-state index in [0.29, 0.717) is 4.47 Å². The lowest BCUT2D eigenvalue weighted by molar-refractivity contribution is 0.614. The lowest BCUT2D eigenvalue weighted by Gasteiger charge is -2.15. The summed E-state index contributed by atoms with van der Waals surface area (Å²) in [7, 11) is 0. The summed E-state index contributed by atoms with van der Waals surface area (Å²) in [5.41, 5.74) is 1.82. The monoisotopic (exact) mass is 255 g/mol. The molecule has 0 fully saturated rings. The normalized spacial score (nSPS) is 16.6. The molecule has 14 heavy (non-hydrogen) atoms. The van der Waals surface area contributed by atoms with E-state index in [2.05, 4.69) is 21.2 Å². The van der Waals surface area contributed by atoms with Crippen LogP contribution in [0.3, 0.4) is 0 Å². The van der Waals surface area contributed by atoms with Crippen molar-refractivity contribution in [2.75, 3.05) is 13.1 Å². The maximum Gasteiger partial charge on any atom is 0.144 e. The third-order valence-corrected chi connectivity index (χ3v) is 2.97. The van der Waals surface area contributed by atoms with Gasteiger partial charge in [-0.05, 0) is 40.5 Å². The van der Waals surface area contributed by atoms with Crippen LogP contribution in [-0.4, -0.2) is 13.1 Å². The van der Waals surface area contributed by atoms with Crippen LogP contribution in [0.5, 0.6) is 0 Å². The Kier molecular flexibility index (Phi) is 2.99. The molecule has 0 amide bonds. The van der Waals surface area contributed by atoms with Crippen molar-refractivity contribution in [2.24, 2.45) is 0 Å². The van der Waals surface area contributed by atoms with Crippen LogP contribution >= 0.6 is 15.9 Å². The van der Waals surface area contributed by atoms with E-state index in [0.717, 1.165) is 30.6 Å². The highest BCUT2D eigenvalue weighted by Gasteiger charge is 2.11. The Morgan fingerprint density at radius 1 is 1.36 bits per heavy atom. The molecule has 0 atom stereocenters. The molecular formula is C11H11BrFN. The van der Waals surface area contributed by atoms with Gasteiger partial charge in [-0.15, -0.1) is 0 Å². The molecule has 0 saturated carbocycles. The van der Waals surface area contributed by atoms with E-state index in [1.165, 1.54) is 0 Å². The van der Waals surface area contributed by atoms with Gasteiger partial charge in [0.25, 0.3) is 0 Å². The maximum atomic E-state index is 13.7. The van der Waals surface area contributed by atoms with Crippen LogP contribution < -0.4 is 5.32 Å². The third-order valence-electron chi connectivity index (χ3n) is 2.36. The molecule has 0 bridgehead atoms. The predicted octanol–water partition coefficient (Wildman–Crippen LogP) is 2.96. The Balaban J connectivity index is 2.40. The summed E-state index contributed by atoms with van der Waals surface area (Å²) in [6.45, 7) is 1.76. The Labute approximate surface area is 91.1 Å². The highest BCUT2D eigenvalue weighted by Crippen LogP contribution is 2.26. The lowest BCUT2D eigenvalue weighted by Crippen LogP contribution is -2.20. The van der Waals surface area contributed by atoms with Gasteiger partial charge in [-0.1, -0.05) is 18.2 Å². The molecule has 2 rings (SSSR count). The van der Waals surface area contributed by atoms with Crippen molar-refractivity contribution >= 4 is 21.5 Å². The van der Waals surface area contributed by atoms with Gasteiger partial charge in [-0.3, -0.25) is 0 Å². The summed E-state index contributed by atoms with van der Waals surface area (Å²) in [6, 6.07) is 5.42. The molecule has 0 radical (unpaired) electrons. The summed E-state index contributed by atoms with van der Waals surface area (Å²) >= 11 is 3.19. The second-order valence-corrected chi connectivity index (χ2v) is 4.14. The Bertz CT molecular complexity index is 374. The number of nitrogens with one attached hydrogen (secondary N) is 1. The molecule has 0 aliphatic carbocycles. The number of benzene rings is 1. The molecule has 1 heterocycles. The van der Waals surface area contributed by atoms with Crippen molar-refractivity contribution in [1.82, 2.24) is 5.32 Å². The summed E-state index contributed by atoms with van der Waals surface area (Å²) < 4.78 is 14.2. The summed E-state index contributed by atoms with van der Waals surface area (Å²) in [6.07, 6.45) is 2.95. The van der Waals surface area contributed by atoms with Crippen LogP contribution in [-0.2, 0) is 0 Å². The van der Waals surface area contributed by atoms with Gasteiger partial charge in [0.05, 0.1) is 4.47 Å². The van der Waals surface area contributed by atoms with Crippen LogP contribution in [0.2, 0.25) is 0 Å². The zero-order chi connectivity index (χ0) is 9.97. The third kappa shape index (κ3) is 1.88. The first-order valence-corrected chi connectivity index (χ1v) is 5.42. The average Bonchev–Trinajstić information content (AvgIpc) is 2.23. The fraction of sp³-hybridized carbons (Fsp3) is 0.273. The van der Waals surface area contributed by atoms with Gasteiger partial charge in [0.1, 0.15) is 5.82 Å².